The van der Waals surface area contributed by atoms with Crippen LogP contribution in [0, 0.1) is 4.77 Å². The maximum Gasteiger partial charge on any atom is 0.199 e. The zero-order chi connectivity index (χ0) is 8.84. The van der Waals surface area contributed by atoms with Crippen molar-refractivity contribution in [2.75, 3.05) is 0 Å². The van der Waals surface area contributed by atoms with Crippen LogP contribution in [0.15, 0.2) is 24.8 Å². The zero-order valence-electron chi connectivity index (χ0n) is 6.41. The van der Waals surface area contributed by atoms with Gasteiger partial charge in [-0.15, -0.1) is 0 Å². The second kappa shape index (κ2) is 2.36. The molecule has 0 spiro atoms. The van der Waals surface area contributed by atoms with Crippen LogP contribution in [0.2, 0.25) is 0 Å². The molecule has 0 aromatic carbocycles. The van der Waals surface area contributed by atoms with Crippen LogP contribution in [0.25, 0.3) is 9.92 Å². The summed E-state index contributed by atoms with van der Waals surface area (Å²) >= 11 is 6.77. The van der Waals surface area contributed by atoms with E-state index in [1.807, 2.05) is 21.2 Å². The molecule has 3 aromatic heterocycles. The molecule has 0 atom stereocenters. The Bertz CT molecular complexity index is 581. The third-order valence-electron chi connectivity index (χ3n) is 1.81. The molecule has 0 fully saturated rings. The maximum atomic E-state index is 5.26. The van der Waals surface area contributed by atoms with Crippen LogP contribution in [0.5, 0.6) is 0 Å². The van der Waals surface area contributed by atoms with Gasteiger partial charge in [-0.1, -0.05) is 11.3 Å². The van der Waals surface area contributed by atoms with Crippen LogP contribution >= 0.6 is 23.6 Å². The Morgan fingerprint density at radius 3 is 2.15 bits per heavy atom. The van der Waals surface area contributed by atoms with Crippen molar-refractivity contribution in [1.82, 2.24) is 18.8 Å². The average Bonchev–Trinajstić information content (AvgIpc) is 2.71. The minimum absolute atomic E-state index is 0.707. The summed E-state index contributed by atoms with van der Waals surface area (Å²) in [5, 5.41) is 0. The summed E-state index contributed by atoms with van der Waals surface area (Å²) in [4.78, 5) is 10.1. The molecule has 0 saturated heterocycles. The largest absolute Gasteiger partial charge is 0.267 e. The van der Waals surface area contributed by atoms with Gasteiger partial charge in [0.05, 0.1) is 0 Å². The lowest BCUT2D eigenvalue weighted by molar-refractivity contribution is 1.02. The molecule has 0 amide bonds. The Morgan fingerprint density at radius 1 is 1.08 bits per heavy atom. The van der Waals surface area contributed by atoms with Gasteiger partial charge in [0.2, 0.25) is 0 Å². The van der Waals surface area contributed by atoms with Crippen LogP contribution in [-0.4, -0.2) is 18.8 Å². The van der Waals surface area contributed by atoms with Gasteiger partial charge in [0.1, 0.15) is 0 Å². The van der Waals surface area contributed by atoms with Gasteiger partial charge in [0.25, 0.3) is 0 Å². The van der Waals surface area contributed by atoms with Crippen LogP contribution in [0.3, 0.4) is 0 Å². The fourth-order valence-electron chi connectivity index (χ4n) is 1.22. The first-order valence-electron chi connectivity index (χ1n) is 3.65. The van der Waals surface area contributed by atoms with Crippen molar-refractivity contribution in [3.8, 4) is 0 Å². The Kier molecular flexibility index (Phi) is 1.30. The minimum Gasteiger partial charge on any atom is -0.267 e. The van der Waals surface area contributed by atoms with Gasteiger partial charge in [0, 0.05) is 24.8 Å². The Morgan fingerprint density at radius 2 is 1.62 bits per heavy atom. The van der Waals surface area contributed by atoms with Gasteiger partial charge in [-0.25, -0.2) is 9.97 Å². The third kappa shape index (κ3) is 0.866. The van der Waals surface area contributed by atoms with Crippen molar-refractivity contribution in [1.29, 1.82) is 0 Å². The standard InChI is InChI=1S/C7H4N4S2/c12-7-10-3-1-8-5(10)13-6-9-2-4-11(6)7/h1-4H. The molecule has 0 aliphatic rings. The predicted octanol–water partition coefficient (Wildman–Crippen LogP) is 1.77. The maximum absolute atomic E-state index is 5.26. The fraction of sp³-hybridized carbons (Fsp3) is 0. The molecule has 3 rings (SSSR count). The normalized spacial score (nSPS) is 11.4. The van der Waals surface area contributed by atoms with Gasteiger partial charge in [0.15, 0.2) is 14.7 Å². The first-order chi connectivity index (χ1) is 6.36. The van der Waals surface area contributed by atoms with Crippen molar-refractivity contribution in [3.63, 3.8) is 0 Å². The molecule has 3 aromatic rings. The summed E-state index contributed by atoms with van der Waals surface area (Å²) in [6.45, 7) is 0. The molecular weight excluding hydrogens is 204 g/mol. The van der Waals surface area contributed by atoms with Crippen LogP contribution in [0.4, 0.5) is 0 Å². The molecule has 13 heavy (non-hydrogen) atoms. The summed E-state index contributed by atoms with van der Waals surface area (Å²) in [5.74, 6) is 0. The van der Waals surface area contributed by atoms with E-state index in [2.05, 4.69) is 9.97 Å². The Balaban J connectivity index is 2.76. The van der Waals surface area contributed by atoms with Gasteiger partial charge in [-0.2, -0.15) is 0 Å². The van der Waals surface area contributed by atoms with Crippen LogP contribution in [-0.2, 0) is 0 Å². The number of hydrogen-bond acceptors (Lipinski definition) is 4. The highest BCUT2D eigenvalue weighted by Crippen LogP contribution is 2.14. The second-order valence-corrected chi connectivity index (χ2v) is 3.84. The van der Waals surface area contributed by atoms with Crippen molar-refractivity contribution < 1.29 is 0 Å². The van der Waals surface area contributed by atoms with Crippen molar-refractivity contribution >= 4 is 33.5 Å². The van der Waals surface area contributed by atoms with Gasteiger partial charge >= 0.3 is 0 Å². The molecule has 0 aliphatic heterocycles. The molecule has 0 radical (unpaired) electrons. The van der Waals surface area contributed by atoms with Crippen LogP contribution < -0.4 is 0 Å². The third-order valence-corrected chi connectivity index (χ3v) is 3.17. The molecule has 6 heteroatoms. The van der Waals surface area contributed by atoms with E-state index in [0.717, 1.165) is 9.92 Å². The quantitative estimate of drug-likeness (QED) is 0.528. The molecule has 3 heterocycles. The number of fused-ring (bicyclic) bond motifs is 2. The highest BCUT2D eigenvalue weighted by molar-refractivity contribution is 7.71. The number of hydrogen-bond donors (Lipinski definition) is 0. The lowest BCUT2D eigenvalue weighted by Crippen LogP contribution is -1.91. The summed E-state index contributed by atoms with van der Waals surface area (Å²) in [6.07, 6.45) is 7.18. The smallest absolute Gasteiger partial charge is 0.199 e. The van der Waals surface area contributed by atoms with Gasteiger partial charge in [-0.3, -0.25) is 8.80 Å². The SMILES string of the molecule is S=c1n2ccnc2sc2nccn12. The Labute approximate surface area is 82.1 Å². The van der Waals surface area contributed by atoms with Crippen LogP contribution in [0.1, 0.15) is 0 Å². The lowest BCUT2D eigenvalue weighted by Gasteiger charge is -1.95. The fourth-order valence-corrected chi connectivity index (χ4v) is 2.51. The molecule has 0 unspecified atom stereocenters. The second-order valence-electron chi connectivity index (χ2n) is 2.54. The van der Waals surface area contributed by atoms with E-state index in [-0.39, 0.29) is 0 Å². The predicted molar refractivity (Wildman–Crippen MR) is 52.7 cm³/mol. The van der Waals surface area contributed by atoms with E-state index < -0.39 is 0 Å². The van der Waals surface area contributed by atoms with E-state index in [4.69, 9.17) is 12.2 Å². The highest BCUT2D eigenvalue weighted by atomic mass is 32.1. The van der Waals surface area contributed by atoms with Crippen molar-refractivity contribution in [2.45, 2.75) is 0 Å². The van der Waals surface area contributed by atoms with E-state index in [9.17, 15) is 0 Å². The lowest BCUT2D eigenvalue weighted by atomic mass is 10.9. The number of rotatable bonds is 0. The minimum atomic E-state index is 0.707. The number of imidazole rings is 2. The van der Waals surface area contributed by atoms with Gasteiger partial charge < -0.3 is 0 Å². The number of aromatic nitrogens is 4. The monoisotopic (exact) mass is 208 g/mol. The molecule has 0 aliphatic carbocycles. The van der Waals surface area contributed by atoms with E-state index in [1.165, 1.54) is 11.3 Å². The molecule has 0 N–H and O–H groups in total. The number of nitrogens with zero attached hydrogens (tertiary/aromatic N) is 4. The zero-order valence-corrected chi connectivity index (χ0v) is 8.05. The molecular formula is C7H4N4S2. The van der Waals surface area contributed by atoms with Crippen molar-refractivity contribution in [2.24, 2.45) is 0 Å². The Hall–Kier alpha value is -1.27. The molecule has 0 bridgehead atoms. The van der Waals surface area contributed by atoms with Gasteiger partial charge in [-0.05, 0) is 12.2 Å². The summed E-state index contributed by atoms with van der Waals surface area (Å²) in [7, 11) is 0. The van der Waals surface area contributed by atoms with Crippen molar-refractivity contribution in [3.05, 3.63) is 29.6 Å². The van der Waals surface area contributed by atoms with E-state index in [1.54, 1.807) is 12.4 Å². The highest BCUT2D eigenvalue weighted by Gasteiger charge is 2.01. The first kappa shape index (κ1) is 7.16. The summed E-state index contributed by atoms with van der Waals surface area (Å²) < 4.78 is 4.45. The molecule has 64 valence electrons. The molecule has 0 saturated carbocycles. The summed E-state index contributed by atoms with van der Waals surface area (Å²) in [6, 6.07) is 0. The topological polar surface area (TPSA) is 34.6 Å². The molecule has 4 nitrogen and oxygen atoms in total. The van der Waals surface area contributed by atoms with E-state index >= 15 is 0 Å². The average molecular weight is 208 g/mol. The van der Waals surface area contributed by atoms with E-state index in [0.29, 0.717) is 4.77 Å². The first-order valence-corrected chi connectivity index (χ1v) is 4.88. The summed E-state index contributed by atoms with van der Waals surface area (Å²) in [5.41, 5.74) is 0.